The molecule has 6 nitrogen and oxygen atoms in total. The Bertz CT molecular complexity index is 714. The quantitative estimate of drug-likeness (QED) is 0.387. The highest BCUT2D eigenvalue weighted by molar-refractivity contribution is 14.0. The number of methoxy groups -OCH3 is 1. The molecule has 2 N–H and O–H groups in total. The Hall–Kier alpha value is -1.90. The molecule has 0 aliphatic carbocycles. The Morgan fingerprint density at radius 2 is 1.96 bits per heavy atom. The maximum atomic E-state index is 5.53. The van der Waals surface area contributed by atoms with Crippen molar-refractivity contribution < 1.29 is 13.9 Å². The van der Waals surface area contributed by atoms with Crippen LogP contribution >= 0.6 is 24.0 Å². The first kappa shape index (κ1) is 21.1. The molecule has 0 aliphatic rings. The minimum Gasteiger partial charge on any atom is -0.493 e. The average molecular weight is 459 g/mol. The van der Waals surface area contributed by atoms with Crippen LogP contribution in [0.1, 0.15) is 24.0 Å². The summed E-state index contributed by atoms with van der Waals surface area (Å²) in [5, 5.41) is 6.51. The maximum Gasteiger partial charge on any atom is 0.195 e. The number of nitrogens with zero attached hydrogens (tertiary/aromatic N) is 1. The summed E-state index contributed by atoms with van der Waals surface area (Å²) in [6.07, 6.45) is 0. The Morgan fingerprint density at radius 3 is 2.52 bits per heavy atom. The molecule has 1 heterocycles. The van der Waals surface area contributed by atoms with Crippen molar-refractivity contribution in [1.29, 1.82) is 0 Å². The van der Waals surface area contributed by atoms with Gasteiger partial charge in [-0.1, -0.05) is 0 Å². The van der Waals surface area contributed by atoms with Gasteiger partial charge in [0.15, 0.2) is 17.5 Å². The smallest absolute Gasteiger partial charge is 0.195 e. The summed E-state index contributed by atoms with van der Waals surface area (Å²) in [6.45, 7) is 7.07. The monoisotopic (exact) mass is 459 g/mol. The van der Waals surface area contributed by atoms with Crippen LogP contribution in [0, 0.1) is 13.8 Å². The van der Waals surface area contributed by atoms with E-state index in [1.54, 1.807) is 14.2 Å². The van der Waals surface area contributed by atoms with Crippen LogP contribution in [-0.2, 0) is 6.54 Å². The van der Waals surface area contributed by atoms with E-state index in [1.165, 1.54) is 0 Å². The van der Waals surface area contributed by atoms with Crippen LogP contribution in [0.4, 0.5) is 5.69 Å². The van der Waals surface area contributed by atoms with E-state index < -0.39 is 0 Å². The minimum absolute atomic E-state index is 0. The van der Waals surface area contributed by atoms with E-state index in [-0.39, 0.29) is 24.0 Å². The molecule has 0 amide bonds. The molecular weight excluding hydrogens is 433 g/mol. The highest BCUT2D eigenvalue weighted by atomic mass is 127. The van der Waals surface area contributed by atoms with E-state index in [1.807, 2.05) is 45.0 Å². The van der Waals surface area contributed by atoms with Crippen LogP contribution in [0.5, 0.6) is 11.5 Å². The molecule has 25 heavy (non-hydrogen) atoms. The Labute approximate surface area is 166 Å². The van der Waals surface area contributed by atoms with Crippen LogP contribution in [0.2, 0.25) is 0 Å². The van der Waals surface area contributed by atoms with E-state index in [2.05, 4.69) is 15.6 Å². The van der Waals surface area contributed by atoms with Crippen molar-refractivity contribution in [3.63, 3.8) is 0 Å². The normalized spacial score (nSPS) is 10.8. The van der Waals surface area contributed by atoms with Gasteiger partial charge in [-0.25, -0.2) is 0 Å². The number of hydrogen-bond donors (Lipinski definition) is 2. The average Bonchev–Trinajstić information content (AvgIpc) is 2.90. The molecule has 7 heteroatoms. The summed E-state index contributed by atoms with van der Waals surface area (Å²) in [7, 11) is 3.35. The lowest BCUT2D eigenvalue weighted by Crippen LogP contribution is -2.30. The third kappa shape index (κ3) is 5.84. The zero-order valence-electron chi connectivity index (χ0n) is 15.3. The maximum absolute atomic E-state index is 5.53. The zero-order chi connectivity index (χ0) is 17.5. The number of guanidine groups is 1. The molecule has 2 aromatic rings. The molecule has 0 spiro atoms. The summed E-state index contributed by atoms with van der Waals surface area (Å²) < 4.78 is 16.4. The fourth-order valence-electron chi connectivity index (χ4n) is 2.37. The van der Waals surface area contributed by atoms with Gasteiger partial charge in [0.05, 0.1) is 13.7 Å². The van der Waals surface area contributed by atoms with Crippen molar-refractivity contribution in [2.24, 2.45) is 4.99 Å². The number of furan rings is 1. The highest BCUT2D eigenvalue weighted by Crippen LogP contribution is 2.30. The number of benzene rings is 1. The SMILES string of the molecule is CCOc1ccc(NC(=NC)NCc2cc(C)oc2C)cc1OC.I. The van der Waals surface area contributed by atoms with Crippen molar-refractivity contribution >= 4 is 35.6 Å². The summed E-state index contributed by atoms with van der Waals surface area (Å²) in [5.41, 5.74) is 1.98. The number of nitrogens with one attached hydrogen (secondary N) is 2. The number of ether oxygens (including phenoxy) is 2. The Balaban J connectivity index is 0.00000312. The third-order valence-electron chi connectivity index (χ3n) is 3.54. The van der Waals surface area contributed by atoms with Crippen LogP contribution in [0.3, 0.4) is 0 Å². The molecule has 0 bridgehead atoms. The lowest BCUT2D eigenvalue weighted by molar-refractivity contribution is 0.311. The van der Waals surface area contributed by atoms with Crippen molar-refractivity contribution in [1.82, 2.24) is 5.32 Å². The number of aryl methyl sites for hydroxylation is 2. The highest BCUT2D eigenvalue weighted by Gasteiger charge is 2.08. The first-order valence-corrected chi connectivity index (χ1v) is 7.91. The van der Waals surface area contributed by atoms with Crippen LogP contribution in [0.25, 0.3) is 0 Å². The van der Waals surface area contributed by atoms with Crippen LogP contribution in [-0.4, -0.2) is 26.7 Å². The van der Waals surface area contributed by atoms with Crippen LogP contribution < -0.4 is 20.1 Å². The summed E-state index contributed by atoms with van der Waals surface area (Å²) in [5.74, 6) is 3.89. The van der Waals surface area contributed by atoms with E-state index in [4.69, 9.17) is 13.9 Å². The Morgan fingerprint density at radius 1 is 1.20 bits per heavy atom. The molecule has 0 saturated carbocycles. The number of aliphatic imine (C=N–C) groups is 1. The second kappa shape index (κ2) is 10.2. The van der Waals surface area contributed by atoms with Gasteiger partial charge in [0.25, 0.3) is 0 Å². The molecule has 2 rings (SSSR count). The van der Waals surface area contributed by atoms with E-state index >= 15 is 0 Å². The predicted octanol–water partition coefficient (Wildman–Crippen LogP) is 4.11. The fourth-order valence-corrected chi connectivity index (χ4v) is 2.37. The summed E-state index contributed by atoms with van der Waals surface area (Å²) in [4.78, 5) is 4.24. The largest absolute Gasteiger partial charge is 0.493 e. The fraction of sp³-hybridized carbons (Fsp3) is 0.389. The molecule has 0 unspecified atom stereocenters. The van der Waals surface area contributed by atoms with E-state index in [0.29, 0.717) is 24.9 Å². The Kier molecular flexibility index (Phi) is 8.60. The molecule has 0 fully saturated rings. The molecule has 0 radical (unpaired) electrons. The summed E-state index contributed by atoms with van der Waals surface area (Å²) >= 11 is 0. The van der Waals surface area contributed by atoms with Crippen molar-refractivity contribution in [2.75, 3.05) is 26.1 Å². The molecule has 1 aromatic heterocycles. The van der Waals surface area contributed by atoms with E-state index in [9.17, 15) is 0 Å². The molecule has 0 saturated heterocycles. The molecule has 0 atom stereocenters. The molecule has 1 aromatic carbocycles. The van der Waals surface area contributed by atoms with Gasteiger partial charge >= 0.3 is 0 Å². The first-order valence-electron chi connectivity index (χ1n) is 7.91. The van der Waals surface area contributed by atoms with Gasteiger partial charge in [0, 0.05) is 30.9 Å². The van der Waals surface area contributed by atoms with Crippen molar-refractivity contribution in [2.45, 2.75) is 27.3 Å². The van der Waals surface area contributed by atoms with Gasteiger partial charge < -0.3 is 24.5 Å². The summed E-state index contributed by atoms with van der Waals surface area (Å²) in [6, 6.07) is 7.70. The number of hydrogen-bond acceptors (Lipinski definition) is 4. The van der Waals surface area contributed by atoms with Gasteiger partial charge in [-0.15, -0.1) is 24.0 Å². The van der Waals surface area contributed by atoms with Gasteiger partial charge in [0.2, 0.25) is 0 Å². The van der Waals surface area contributed by atoms with Gasteiger partial charge in [-0.05, 0) is 39.0 Å². The topological polar surface area (TPSA) is 68.0 Å². The van der Waals surface area contributed by atoms with Crippen molar-refractivity contribution in [3.05, 3.63) is 41.3 Å². The molecule has 138 valence electrons. The number of halogens is 1. The third-order valence-corrected chi connectivity index (χ3v) is 3.54. The lowest BCUT2D eigenvalue weighted by Gasteiger charge is -2.14. The number of rotatable bonds is 6. The van der Waals surface area contributed by atoms with Crippen LogP contribution in [0.15, 0.2) is 33.7 Å². The molecule has 0 aliphatic heterocycles. The standard InChI is InChI=1S/C18H25N3O3.HI/c1-6-23-16-8-7-15(10-17(16)22-5)21-18(19-4)20-11-14-9-12(2)24-13(14)3;/h7-10H,6,11H2,1-5H3,(H2,19,20,21);1H. The zero-order valence-corrected chi connectivity index (χ0v) is 17.6. The van der Waals surface area contributed by atoms with Gasteiger partial charge in [-0.2, -0.15) is 0 Å². The lowest BCUT2D eigenvalue weighted by atomic mass is 10.2. The predicted molar refractivity (Wildman–Crippen MR) is 112 cm³/mol. The van der Waals surface area contributed by atoms with E-state index in [0.717, 1.165) is 28.5 Å². The van der Waals surface area contributed by atoms with Crippen molar-refractivity contribution in [3.8, 4) is 11.5 Å². The molecular formula is C18H26IN3O3. The minimum atomic E-state index is 0. The van der Waals surface area contributed by atoms with Gasteiger partial charge in [-0.3, -0.25) is 4.99 Å². The first-order chi connectivity index (χ1) is 11.6. The van der Waals surface area contributed by atoms with Gasteiger partial charge in [0.1, 0.15) is 11.5 Å². The second-order valence-electron chi connectivity index (χ2n) is 5.29. The second-order valence-corrected chi connectivity index (χ2v) is 5.29. The number of anilines is 1.